The highest BCUT2D eigenvalue weighted by Gasteiger charge is 2.28. The Morgan fingerprint density at radius 3 is 2.56 bits per heavy atom. The van der Waals surface area contributed by atoms with Crippen molar-refractivity contribution in [1.29, 1.82) is 0 Å². The number of sulfonamides is 1. The number of nitrogens with one attached hydrogen (secondary N) is 2. The molecule has 11 heteroatoms. The van der Waals surface area contributed by atoms with Gasteiger partial charge in [0.25, 0.3) is 5.91 Å². The number of aromatic amines is 1. The minimum Gasteiger partial charge on any atom is -0.379 e. The summed E-state index contributed by atoms with van der Waals surface area (Å²) in [6.07, 6.45) is 1.11. The van der Waals surface area contributed by atoms with Crippen molar-refractivity contribution in [3.63, 3.8) is 0 Å². The maximum absolute atomic E-state index is 14.7. The summed E-state index contributed by atoms with van der Waals surface area (Å²) >= 11 is 5.84. The van der Waals surface area contributed by atoms with Crippen LogP contribution in [-0.4, -0.2) is 49.9 Å². The first-order valence-electron chi connectivity index (χ1n) is 9.73. The van der Waals surface area contributed by atoms with Crippen LogP contribution in [0.3, 0.4) is 0 Å². The lowest BCUT2D eigenvalue weighted by atomic mass is 10.1. The number of halogens is 2. The second-order valence-corrected chi connectivity index (χ2v) is 9.56. The van der Waals surface area contributed by atoms with Gasteiger partial charge in [0.05, 0.1) is 29.0 Å². The SMILES string of the molecule is O=C(NCc1ccc(Cl)cc1)c1c[nH]c2c(F)cc(S(=O)(=O)N3CCOCC3)cc2c1=O. The van der Waals surface area contributed by atoms with Crippen LogP contribution in [0, 0.1) is 5.82 Å². The van der Waals surface area contributed by atoms with Gasteiger partial charge in [-0.15, -0.1) is 0 Å². The van der Waals surface area contributed by atoms with Gasteiger partial charge < -0.3 is 15.0 Å². The Morgan fingerprint density at radius 1 is 1.19 bits per heavy atom. The van der Waals surface area contributed by atoms with Crippen molar-refractivity contribution < 1.29 is 22.3 Å². The fourth-order valence-corrected chi connectivity index (χ4v) is 4.97. The summed E-state index contributed by atoms with van der Waals surface area (Å²) in [4.78, 5) is 27.8. The number of fused-ring (bicyclic) bond motifs is 1. The highest BCUT2D eigenvalue weighted by molar-refractivity contribution is 7.89. The van der Waals surface area contributed by atoms with Gasteiger partial charge in [-0.25, -0.2) is 12.8 Å². The Hall–Kier alpha value is -2.79. The molecule has 1 amide bonds. The van der Waals surface area contributed by atoms with Crippen LogP contribution in [0.5, 0.6) is 0 Å². The number of ether oxygens (including phenoxy) is 1. The number of carbonyl (C=O) groups is 1. The van der Waals surface area contributed by atoms with Crippen LogP contribution in [-0.2, 0) is 21.3 Å². The number of rotatable bonds is 5. The molecule has 2 heterocycles. The van der Waals surface area contributed by atoms with Gasteiger partial charge >= 0.3 is 0 Å². The van der Waals surface area contributed by atoms with Gasteiger partial charge in [0, 0.05) is 30.9 Å². The molecule has 32 heavy (non-hydrogen) atoms. The first-order valence-corrected chi connectivity index (χ1v) is 11.5. The third-order valence-corrected chi connectivity index (χ3v) is 7.26. The third kappa shape index (κ3) is 4.40. The van der Waals surface area contributed by atoms with Gasteiger partial charge in [-0.05, 0) is 29.8 Å². The molecule has 2 N–H and O–H groups in total. The van der Waals surface area contributed by atoms with E-state index in [0.29, 0.717) is 5.02 Å². The normalized spacial score (nSPS) is 15.1. The zero-order valence-corrected chi connectivity index (χ0v) is 18.3. The second-order valence-electron chi connectivity index (χ2n) is 7.18. The number of carbonyl (C=O) groups excluding carboxylic acids is 1. The van der Waals surface area contributed by atoms with Crippen LogP contribution in [0.25, 0.3) is 10.9 Å². The Kier molecular flexibility index (Phi) is 6.29. The molecule has 0 saturated carbocycles. The first kappa shape index (κ1) is 22.4. The minimum absolute atomic E-state index is 0.130. The van der Waals surface area contributed by atoms with Crippen LogP contribution in [0.2, 0.25) is 5.02 Å². The lowest BCUT2D eigenvalue weighted by molar-refractivity contribution is 0.0730. The van der Waals surface area contributed by atoms with Crippen LogP contribution in [0.15, 0.2) is 52.3 Å². The minimum atomic E-state index is -4.03. The van der Waals surface area contributed by atoms with Crippen molar-refractivity contribution in [1.82, 2.24) is 14.6 Å². The number of pyridine rings is 1. The molecule has 3 aromatic rings. The smallest absolute Gasteiger partial charge is 0.257 e. The first-order chi connectivity index (χ1) is 15.3. The van der Waals surface area contributed by atoms with E-state index in [-0.39, 0.29) is 54.2 Å². The van der Waals surface area contributed by atoms with E-state index >= 15 is 0 Å². The largest absolute Gasteiger partial charge is 0.379 e. The molecular formula is C21H19ClFN3O5S. The lowest BCUT2D eigenvalue weighted by Crippen LogP contribution is -2.40. The Balaban J connectivity index is 1.67. The van der Waals surface area contributed by atoms with Gasteiger partial charge in [-0.1, -0.05) is 23.7 Å². The molecule has 1 aliphatic rings. The molecule has 2 aromatic carbocycles. The third-order valence-electron chi connectivity index (χ3n) is 5.13. The predicted octanol–water partition coefficient (Wildman–Crippen LogP) is 2.27. The fourth-order valence-electron chi connectivity index (χ4n) is 3.40. The summed E-state index contributed by atoms with van der Waals surface area (Å²) < 4.78 is 46.8. The highest BCUT2D eigenvalue weighted by atomic mass is 35.5. The van der Waals surface area contributed by atoms with Crippen LogP contribution >= 0.6 is 11.6 Å². The van der Waals surface area contributed by atoms with Crippen molar-refractivity contribution in [2.45, 2.75) is 11.4 Å². The van der Waals surface area contributed by atoms with E-state index in [0.717, 1.165) is 23.9 Å². The fraction of sp³-hybridized carbons (Fsp3) is 0.238. The van der Waals surface area contributed by atoms with Crippen LogP contribution < -0.4 is 10.7 Å². The number of aromatic nitrogens is 1. The summed E-state index contributed by atoms with van der Waals surface area (Å²) in [7, 11) is -4.03. The van der Waals surface area contributed by atoms with Crippen molar-refractivity contribution in [3.05, 3.63) is 74.8 Å². The van der Waals surface area contributed by atoms with Crippen molar-refractivity contribution in [3.8, 4) is 0 Å². The number of hydrogen-bond donors (Lipinski definition) is 2. The molecular weight excluding hydrogens is 461 g/mol. The number of nitrogens with zero attached hydrogens (tertiary/aromatic N) is 1. The molecule has 0 unspecified atom stereocenters. The molecule has 0 aliphatic carbocycles. The summed E-state index contributed by atoms with van der Waals surface area (Å²) in [5.74, 6) is -1.58. The molecule has 1 saturated heterocycles. The molecule has 0 spiro atoms. The number of benzene rings is 2. The van der Waals surface area contributed by atoms with E-state index in [1.54, 1.807) is 24.3 Å². The van der Waals surface area contributed by atoms with E-state index in [2.05, 4.69) is 10.3 Å². The summed E-state index contributed by atoms with van der Waals surface area (Å²) in [5, 5.41) is 2.94. The monoisotopic (exact) mass is 479 g/mol. The van der Waals surface area contributed by atoms with Gasteiger partial charge in [-0.2, -0.15) is 4.31 Å². The summed E-state index contributed by atoms with van der Waals surface area (Å²) in [6, 6.07) is 8.76. The zero-order chi connectivity index (χ0) is 22.9. The summed E-state index contributed by atoms with van der Waals surface area (Å²) in [5.41, 5.74) is -0.438. The zero-order valence-electron chi connectivity index (χ0n) is 16.7. The van der Waals surface area contributed by atoms with E-state index in [4.69, 9.17) is 16.3 Å². The molecule has 0 atom stereocenters. The topological polar surface area (TPSA) is 109 Å². The van der Waals surface area contributed by atoms with Crippen molar-refractivity contribution in [2.75, 3.05) is 26.3 Å². The molecule has 4 rings (SSSR count). The van der Waals surface area contributed by atoms with E-state index in [9.17, 15) is 22.4 Å². The van der Waals surface area contributed by atoms with Crippen LogP contribution in [0.4, 0.5) is 4.39 Å². The van der Waals surface area contributed by atoms with Crippen molar-refractivity contribution >= 4 is 38.4 Å². The van der Waals surface area contributed by atoms with Gasteiger partial charge in [0.1, 0.15) is 11.4 Å². The molecule has 0 radical (unpaired) electrons. The van der Waals surface area contributed by atoms with E-state index in [1.807, 2.05) is 0 Å². The molecule has 168 valence electrons. The Labute approximate surface area is 188 Å². The molecule has 8 nitrogen and oxygen atoms in total. The van der Waals surface area contributed by atoms with Crippen molar-refractivity contribution in [2.24, 2.45) is 0 Å². The standard InChI is InChI=1S/C21H19ClFN3O5S/c22-14-3-1-13(2-4-14)11-25-21(28)17-12-24-19-16(20(17)27)9-15(10-18(19)23)32(29,30)26-5-7-31-8-6-26/h1-4,9-10,12H,5-8,11H2,(H,24,27)(H,25,28). The molecule has 0 bridgehead atoms. The number of amides is 1. The number of H-pyrrole nitrogens is 1. The number of morpholine rings is 1. The molecule has 1 fully saturated rings. The maximum atomic E-state index is 14.7. The van der Waals surface area contributed by atoms with Gasteiger partial charge in [0.2, 0.25) is 15.5 Å². The quantitative estimate of drug-likeness (QED) is 0.583. The molecule has 1 aromatic heterocycles. The van der Waals surface area contributed by atoms with E-state index in [1.165, 1.54) is 4.31 Å². The average Bonchev–Trinajstić information content (AvgIpc) is 2.79. The Morgan fingerprint density at radius 2 is 1.88 bits per heavy atom. The highest BCUT2D eigenvalue weighted by Crippen LogP contribution is 2.23. The summed E-state index contributed by atoms with van der Waals surface area (Å²) in [6.45, 7) is 0.867. The number of hydrogen-bond acceptors (Lipinski definition) is 5. The predicted molar refractivity (Wildman–Crippen MR) is 117 cm³/mol. The maximum Gasteiger partial charge on any atom is 0.257 e. The van der Waals surface area contributed by atoms with Crippen LogP contribution in [0.1, 0.15) is 15.9 Å². The van der Waals surface area contributed by atoms with Gasteiger partial charge in [-0.3, -0.25) is 9.59 Å². The lowest BCUT2D eigenvalue weighted by Gasteiger charge is -2.26. The second kappa shape index (κ2) is 8.99. The van der Waals surface area contributed by atoms with Gasteiger partial charge in [0.15, 0.2) is 0 Å². The average molecular weight is 480 g/mol. The van der Waals surface area contributed by atoms with E-state index < -0.39 is 27.2 Å². The molecule has 1 aliphatic heterocycles. The Bertz CT molecular complexity index is 1340.